The Bertz CT molecular complexity index is 588. The quantitative estimate of drug-likeness (QED) is 0.771. The number of benzene rings is 2. The maximum Gasteiger partial charge on any atom is 0.137 e. The summed E-state index contributed by atoms with van der Waals surface area (Å²) in [6.45, 7) is 5.11. The summed E-state index contributed by atoms with van der Waals surface area (Å²) >= 11 is 4.95. The standard InChI is InChI=1S/C16H17BrFNS/c1-3-19-11(2)13-9-8-12(17)10-16(13)20-15-7-5-4-6-14(15)18/h4-11,19H,3H2,1-2H3. The van der Waals surface area contributed by atoms with Crippen LogP contribution in [0.1, 0.15) is 25.5 Å². The van der Waals surface area contributed by atoms with Gasteiger partial charge in [0.1, 0.15) is 5.82 Å². The van der Waals surface area contributed by atoms with E-state index >= 15 is 0 Å². The van der Waals surface area contributed by atoms with Crippen LogP contribution in [0.15, 0.2) is 56.7 Å². The normalized spacial score (nSPS) is 12.4. The van der Waals surface area contributed by atoms with Crippen LogP contribution in [0.3, 0.4) is 0 Å². The highest BCUT2D eigenvalue weighted by atomic mass is 79.9. The van der Waals surface area contributed by atoms with Gasteiger partial charge in [-0.1, -0.05) is 52.8 Å². The molecular formula is C16H17BrFNS. The van der Waals surface area contributed by atoms with Crippen molar-refractivity contribution in [2.45, 2.75) is 29.7 Å². The fourth-order valence-electron chi connectivity index (χ4n) is 2.02. The van der Waals surface area contributed by atoms with E-state index in [2.05, 4.69) is 41.2 Å². The Morgan fingerprint density at radius 2 is 1.95 bits per heavy atom. The van der Waals surface area contributed by atoms with E-state index in [4.69, 9.17) is 0 Å². The van der Waals surface area contributed by atoms with E-state index in [1.165, 1.54) is 23.4 Å². The van der Waals surface area contributed by atoms with E-state index in [9.17, 15) is 4.39 Å². The Kier molecular flexibility index (Phi) is 5.64. The zero-order valence-electron chi connectivity index (χ0n) is 11.5. The van der Waals surface area contributed by atoms with Gasteiger partial charge < -0.3 is 5.32 Å². The molecule has 106 valence electrons. The highest BCUT2D eigenvalue weighted by molar-refractivity contribution is 9.10. The topological polar surface area (TPSA) is 12.0 Å². The first-order chi connectivity index (χ1) is 9.61. The number of rotatable bonds is 5. The lowest BCUT2D eigenvalue weighted by atomic mass is 10.1. The SMILES string of the molecule is CCNC(C)c1ccc(Br)cc1Sc1ccccc1F. The number of hydrogen-bond acceptors (Lipinski definition) is 2. The molecule has 0 spiro atoms. The molecule has 0 aliphatic rings. The molecule has 1 unspecified atom stereocenters. The van der Waals surface area contributed by atoms with Crippen molar-refractivity contribution < 1.29 is 4.39 Å². The zero-order chi connectivity index (χ0) is 14.5. The summed E-state index contributed by atoms with van der Waals surface area (Å²) in [5.41, 5.74) is 1.18. The molecule has 2 aromatic carbocycles. The van der Waals surface area contributed by atoms with Crippen LogP contribution in [0.5, 0.6) is 0 Å². The summed E-state index contributed by atoms with van der Waals surface area (Å²) in [4.78, 5) is 1.72. The average molecular weight is 354 g/mol. The van der Waals surface area contributed by atoms with Crippen molar-refractivity contribution in [2.75, 3.05) is 6.54 Å². The first-order valence-corrected chi connectivity index (χ1v) is 8.18. The van der Waals surface area contributed by atoms with Crippen molar-refractivity contribution in [1.82, 2.24) is 5.32 Å². The molecule has 1 atom stereocenters. The van der Waals surface area contributed by atoms with Crippen LogP contribution < -0.4 is 5.32 Å². The summed E-state index contributed by atoms with van der Waals surface area (Å²) in [7, 11) is 0. The molecule has 20 heavy (non-hydrogen) atoms. The number of nitrogens with one attached hydrogen (secondary N) is 1. The first-order valence-electron chi connectivity index (χ1n) is 6.57. The molecule has 1 nitrogen and oxygen atoms in total. The highest BCUT2D eigenvalue weighted by Gasteiger charge is 2.13. The molecule has 0 radical (unpaired) electrons. The molecule has 2 rings (SSSR count). The van der Waals surface area contributed by atoms with Gasteiger partial charge in [-0.25, -0.2) is 4.39 Å². The first kappa shape index (κ1) is 15.5. The largest absolute Gasteiger partial charge is 0.310 e. The van der Waals surface area contributed by atoms with Gasteiger partial charge in [-0.15, -0.1) is 0 Å². The lowest BCUT2D eigenvalue weighted by molar-refractivity contribution is 0.588. The van der Waals surface area contributed by atoms with Crippen molar-refractivity contribution >= 4 is 27.7 Å². The Morgan fingerprint density at radius 1 is 1.20 bits per heavy atom. The maximum atomic E-state index is 13.8. The minimum absolute atomic E-state index is 0.181. The second-order valence-corrected chi connectivity index (χ2v) is 6.49. The second kappa shape index (κ2) is 7.25. The van der Waals surface area contributed by atoms with Crippen LogP contribution in [0.4, 0.5) is 4.39 Å². The van der Waals surface area contributed by atoms with Crippen molar-refractivity contribution in [2.24, 2.45) is 0 Å². The van der Waals surface area contributed by atoms with Gasteiger partial charge in [-0.2, -0.15) is 0 Å². The number of halogens is 2. The number of hydrogen-bond donors (Lipinski definition) is 1. The molecule has 0 fully saturated rings. The zero-order valence-corrected chi connectivity index (χ0v) is 13.9. The van der Waals surface area contributed by atoms with Gasteiger partial charge in [0.25, 0.3) is 0 Å². The van der Waals surface area contributed by atoms with Gasteiger partial charge in [0.15, 0.2) is 0 Å². The third-order valence-corrected chi connectivity index (χ3v) is 4.63. The van der Waals surface area contributed by atoms with Crippen LogP contribution in [-0.4, -0.2) is 6.54 Å². The Labute approximate surface area is 132 Å². The monoisotopic (exact) mass is 353 g/mol. The van der Waals surface area contributed by atoms with E-state index in [1.807, 2.05) is 24.3 Å². The van der Waals surface area contributed by atoms with E-state index < -0.39 is 0 Å². The third-order valence-electron chi connectivity index (χ3n) is 3.01. The molecule has 0 saturated carbocycles. The van der Waals surface area contributed by atoms with Gasteiger partial charge in [-0.3, -0.25) is 0 Å². The van der Waals surface area contributed by atoms with Crippen molar-refractivity contribution in [3.63, 3.8) is 0 Å². The van der Waals surface area contributed by atoms with Gasteiger partial charge >= 0.3 is 0 Å². The molecule has 1 N–H and O–H groups in total. The predicted molar refractivity (Wildman–Crippen MR) is 86.8 cm³/mol. The van der Waals surface area contributed by atoms with Crippen LogP contribution in [-0.2, 0) is 0 Å². The Morgan fingerprint density at radius 3 is 2.65 bits per heavy atom. The fourth-order valence-corrected chi connectivity index (χ4v) is 3.63. The average Bonchev–Trinajstić information content (AvgIpc) is 2.42. The van der Waals surface area contributed by atoms with Crippen LogP contribution >= 0.6 is 27.7 Å². The molecule has 0 aliphatic heterocycles. The van der Waals surface area contributed by atoms with Crippen molar-refractivity contribution in [1.29, 1.82) is 0 Å². The molecule has 0 bridgehead atoms. The van der Waals surface area contributed by atoms with E-state index in [-0.39, 0.29) is 11.9 Å². The molecule has 0 aromatic heterocycles. The van der Waals surface area contributed by atoms with Gasteiger partial charge in [0.2, 0.25) is 0 Å². The van der Waals surface area contributed by atoms with E-state index in [0.717, 1.165) is 15.9 Å². The summed E-state index contributed by atoms with van der Waals surface area (Å²) in [6, 6.07) is 13.3. The van der Waals surface area contributed by atoms with Crippen LogP contribution in [0, 0.1) is 5.82 Å². The Balaban J connectivity index is 2.35. The summed E-state index contributed by atoms with van der Waals surface area (Å²) in [5, 5.41) is 3.40. The molecule has 4 heteroatoms. The molecule has 0 aliphatic carbocycles. The highest BCUT2D eigenvalue weighted by Crippen LogP contribution is 2.36. The van der Waals surface area contributed by atoms with Crippen molar-refractivity contribution in [3.8, 4) is 0 Å². The Hall–Kier alpha value is -0.840. The summed E-state index contributed by atoms with van der Waals surface area (Å²) in [5.74, 6) is -0.181. The third kappa shape index (κ3) is 3.84. The van der Waals surface area contributed by atoms with Gasteiger partial charge in [0.05, 0.1) is 0 Å². The minimum atomic E-state index is -0.181. The van der Waals surface area contributed by atoms with E-state index in [0.29, 0.717) is 4.90 Å². The maximum absolute atomic E-state index is 13.8. The van der Waals surface area contributed by atoms with Crippen LogP contribution in [0.2, 0.25) is 0 Å². The van der Waals surface area contributed by atoms with Gasteiger partial charge in [0, 0.05) is 20.3 Å². The second-order valence-electron chi connectivity index (χ2n) is 4.49. The lowest BCUT2D eigenvalue weighted by Gasteiger charge is -2.17. The van der Waals surface area contributed by atoms with E-state index in [1.54, 1.807) is 6.07 Å². The summed E-state index contributed by atoms with van der Waals surface area (Å²) < 4.78 is 14.8. The molecule has 0 heterocycles. The molecular weight excluding hydrogens is 337 g/mol. The smallest absolute Gasteiger partial charge is 0.137 e. The molecule has 0 amide bonds. The predicted octanol–water partition coefficient (Wildman–Crippen LogP) is 5.41. The molecule has 0 saturated heterocycles. The van der Waals surface area contributed by atoms with Crippen LogP contribution in [0.25, 0.3) is 0 Å². The minimum Gasteiger partial charge on any atom is -0.310 e. The fraction of sp³-hybridized carbons (Fsp3) is 0.250. The van der Waals surface area contributed by atoms with Gasteiger partial charge in [-0.05, 0) is 43.3 Å². The molecule has 2 aromatic rings. The van der Waals surface area contributed by atoms with Crippen molar-refractivity contribution in [3.05, 3.63) is 58.3 Å². The lowest BCUT2D eigenvalue weighted by Crippen LogP contribution is -2.18. The summed E-state index contributed by atoms with van der Waals surface area (Å²) in [6.07, 6.45) is 0.